The van der Waals surface area contributed by atoms with E-state index >= 15 is 0 Å². The molecule has 0 unspecified atom stereocenters. The fraction of sp³-hybridized carbons (Fsp3) is 0.0370. The number of ether oxygens (including phenoxy) is 1. The van der Waals surface area contributed by atoms with Crippen LogP contribution in [0.15, 0.2) is 85.3 Å². The Kier molecular flexibility index (Phi) is 5.21. The minimum absolute atomic E-state index is 0.249. The Bertz CT molecular complexity index is 1540. The Morgan fingerprint density at radius 3 is 2.61 bits per heavy atom. The number of rotatable bonds is 4. The number of fused-ring (bicyclic) bond motifs is 1. The summed E-state index contributed by atoms with van der Waals surface area (Å²) in [6, 6.07) is 23.7. The molecule has 0 saturated carbocycles. The molecule has 3 aromatic carbocycles. The van der Waals surface area contributed by atoms with Gasteiger partial charge in [-0.1, -0.05) is 18.2 Å². The maximum Gasteiger partial charge on any atom is 0.230 e. The van der Waals surface area contributed by atoms with E-state index in [0.29, 0.717) is 22.8 Å². The van der Waals surface area contributed by atoms with Gasteiger partial charge in [-0.05, 0) is 72.6 Å². The van der Waals surface area contributed by atoms with Crippen LogP contribution in [-0.2, 0) is 0 Å². The topological polar surface area (TPSA) is 71.7 Å². The van der Waals surface area contributed by atoms with Gasteiger partial charge in [-0.3, -0.25) is 4.98 Å². The van der Waals surface area contributed by atoms with Crippen molar-refractivity contribution in [3.05, 3.63) is 102 Å². The van der Waals surface area contributed by atoms with Gasteiger partial charge in [-0.2, -0.15) is 5.26 Å². The van der Waals surface area contributed by atoms with Gasteiger partial charge in [-0.15, -0.1) is 0 Å². The molecule has 0 aliphatic heterocycles. The number of halogens is 1. The zero-order valence-electron chi connectivity index (χ0n) is 17.7. The summed E-state index contributed by atoms with van der Waals surface area (Å²) in [5.74, 6) is 0.657. The normalized spacial score (nSPS) is 10.7. The summed E-state index contributed by atoms with van der Waals surface area (Å²) in [5.41, 5.74) is 5.17. The van der Waals surface area contributed by atoms with Gasteiger partial charge in [0.2, 0.25) is 5.88 Å². The van der Waals surface area contributed by atoms with E-state index in [4.69, 9.17) is 10.00 Å². The maximum absolute atomic E-state index is 13.8. The average Bonchev–Trinajstić information content (AvgIpc) is 2.86. The minimum Gasteiger partial charge on any atom is -0.438 e. The third-order valence-electron chi connectivity index (χ3n) is 5.33. The molecular formula is C27H17FN4O. The van der Waals surface area contributed by atoms with Gasteiger partial charge in [0, 0.05) is 17.3 Å². The maximum atomic E-state index is 13.8. The summed E-state index contributed by atoms with van der Waals surface area (Å²) >= 11 is 0. The molecule has 0 aliphatic rings. The quantitative estimate of drug-likeness (QED) is 0.325. The van der Waals surface area contributed by atoms with E-state index in [1.54, 1.807) is 49.5 Å². The molecule has 2 aromatic heterocycles. The molecule has 0 fully saturated rings. The lowest BCUT2D eigenvalue weighted by molar-refractivity contribution is 0.468. The SMILES string of the molecule is Cc1cc(-c2ncccc2-c2ccc3ncnc(Oc4cccc(C#N)c4)c3c2)ccc1F. The van der Waals surface area contributed by atoms with Crippen LogP contribution in [0.2, 0.25) is 0 Å². The Balaban J connectivity index is 1.61. The van der Waals surface area contributed by atoms with E-state index in [9.17, 15) is 4.39 Å². The molecule has 0 amide bonds. The predicted molar refractivity (Wildman–Crippen MR) is 124 cm³/mol. The molecule has 6 heteroatoms. The summed E-state index contributed by atoms with van der Waals surface area (Å²) in [5, 5.41) is 9.88. The first-order valence-corrected chi connectivity index (χ1v) is 10.3. The standard InChI is InChI=1S/C27H17FN4O/c1-17-12-20(7-9-24(17)28)26-22(6-3-11-30-26)19-8-10-25-23(14-19)27(32-16-31-25)33-21-5-2-4-18(13-21)15-29/h2-14,16H,1H3. The Hall–Kier alpha value is -4.63. The highest BCUT2D eigenvalue weighted by atomic mass is 19.1. The third kappa shape index (κ3) is 4.00. The van der Waals surface area contributed by atoms with Crippen molar-refractivity contribution in [3.63, 3.8) is 0 Å². The van der Waals surface area contributed by atoms with E-state index < -0.39 is 0 Å². The van der Waals surface area contributed by atoms with Crippen LogP contribution in [0.1, 0.15) is 11.1 Å². The van der Waals surface area contributed by atoms with Crippen molar-refractivity contribution in [3.8, 4) is 40.1 Å². The van der Waals surface area contributed by atoms with Gasteiger partial charge in [0.15, 0.2) is 0 Å². The second-order valence-electron chi connectivity index (χ2n) is 7.52. The van der Waals surface area contributed by atoms with Crippen molar-refractivity contribution in [1.82, 2.24) is 15.0 Å². The van der Waals surface area contributed by atoms with E-state index in [1.165, 1.54) is 12.4 Å². The number of pyridine rings is 1. The Morgan fingerprint density at radius 1 is 0.879 bits per heavy atom. The fourth-order valence-electron chi connectivity index (χ4n) is 3.68. The Labute approximate surface area is 189 Å². The largest absolute Gasteiger partial charge is 0.438 e. The highest BCUT2D eigenvalue weighted by Gasteiger charge is 2.13. The van der Waals surface area contributed by atoms with Gasteiger partial charge in [0.05, 0.1) is 28.2 Å². The van der Waals surface area contributed by atoms with Crippen molar-refractivity contribution in [2.75, 3.05) is 0 Å². The number of hydrogen-bond acceptors (Lipinski definition) is 5. The zero-order chi connectivity index (χ0) is 22.8. The molecule has 5 nitrogen and oxygen atoms in total. The van der Waals surface area contributed by atoms with Crippen LogP contribution in [0.4, 0.5) is 4.39 Å². The number of nitrogens with zero attached hydrogens (tertiary/aromatic N) is 4. The number of aromatic nitrogens is 3. The van der Waals surface area contributed by atoms with Crippen molar-refractivity contribution < 1.29 is 9.13 Å². The number of benzene rings is 3. The molecule has 0 saturated heterocycles. The molecule has 2 heterocycles. The van der Waals surface area contributed by atoms with Gasteiger partial charge in [-0.25, -0.2) is 14.4 Å². The average molecular weight is 432 g/mol. The predicted octanol–water partition coefficient (Wildman–Crippen LogP) is 6.47. The molecule has 0 atom stereocenters. The lowest BCUT2D eigenvalue weighted by atomic mass is 9.97. The smallest absolute Gasteiger partial charge is 0.230 e. The highest BCUT2D eigenvalue weighted by molar-refractivity contribution is 5.91. The second-order valence-corrected chi connectivity index (χ2v) is 7.52. The van der Waals surface area contributed by atoms with Crippen LogP contribution in [0.5, 0.6) is 11.6 Å². The third-order valence-corrected chi connectivity index (χ3v) is 5.33. The summed E-state index contributed by atoms with van der Waals surface area (Å²) in [7, 11) is 0. The van der Waals surface area contributed by atoms with E-state index in [0.717, 1.165) is 33.3 Å². The second kappa shape index (κ2) is 8.48. The first-order chi connectivity index (χ1) is 16.1. The number of aryl methyl sites for hydroxylation is 1. The van der Waals surface area contributed by atoms with Crippen molar-refractivity contribution in [2.24, 2.45) is 0 Å². The summed E-state index contributed by atoms with van der Waals surface area (Å²) in [6.45, 7) is 1.74. The molecule has 33 heavy (non-hydrogen) atoms. The van der Waals surface area contributed by atoms with Crippen LogP contribution >= 0.6 is 0 Å². The highest BCUT2D eigenvalue weighted by Crippen LogP contribution is 2.35. The molecule has 5 aromatic rings. The monoisotopic (exact) mass is 432 g/mol. The molecule has 0 bridgehead atoms. The molecule has 0 N–H and O–H groups in total. The number of hydrogen-bond donors (Lipinski definition) is 0. The molecule has 5 rings (SSSR count). The van der Waals surface area contributed by atoms with Gasteiger partial charge in [0.25, 0.3) is 0 Å². The van der Waals surface area contributed by atoms with E-state index in [-0.39, 0.29) is 5.82 Å². The van der Waals surface area contributed by atoms with Crippen LogP contribution in [-0.4, -0.2) is 15.0 Å². The molecule has 0 radical (unpaired) electrons. The van der Waals surface area contributed by atoms with E-state index in [2.05, 4.69) is 21.0 Å². The summed E-state index contributed by atoms with van der Waals surface area (Å²) < 4.78 is 19.8. The van der Waals surface area contributed by atoms with Crippen LogP contribution in [0, 0.1) is 24.1 Å². The molecule has 0 aliphatic carbocycles. The fourth-order valence-corrected chi connectivity index (χ4v) is 3.68. The first-order valence-electron chi connectivity index (χ1n) is 10.3. The first kappa shape index (κ1) is 20.3. The Morgan fingerprint density at radius 2 is 1.76 bits per heavy atom. The van der Waals surface area contributed by atoms with Crippen LogP contribution in [0.3, 0.4) is 0 Å². The van der Waals surface area contributed by atoms with Crippen LogP contribution in [0.25, 0.3) is 33.3 Å². The summed E-state index contributed by atoms with van der Waals surface area (Å²) in [4.78, 5) is 13.2. The van der Waals surface area contributed by atoms with Crippen molar-refractivity contribution in [2.45, 2.75) is 6.92 Å². The molecule has 158 valence electrons. The van der Waals surface area contributed by atoms with Gasteiger partial charge >= 0.3 is 0 Å². The lowest BCUT2D eigenvalue weighted by Crippen LogP contribution is -1.94. The molecular weight excluding hydrogens is 415 g/mol. The van der Waals surface area contributed by atoms with Crippen molar-refractivity contribution >= 4 is 10.9 Å². The van der Waals surface area contributed by atoms with Crippen LogP contribution < -0.4 is 4.74 Å². The minimum atomic E-state index is -0.249. The number of nitriles is 1. The molecule has 0 spiro atoms. The summed E-state index contributed by atoms with van der Waals surface area (Å²) in [6.07, 6.45) is 3.17. The van der Waals surface area contributed by atoms with Crippen molar-refractivity contribution in [1.29, 1.82) is 5.26 Å². The zero-order valence-corrected chi connectivity index (χ0v) is 17.7. The van der Waals surface area contributed by atoms with E-state index in [1.807, 2.05) is 30.3 Å². The van der Waals surface area contributed by atoms with Gasteiger partial charge < -0.3 is 4.74 Å². The van der Waals surface area contributed by atoms with Gasteiger partial charge in [0.1, 0.15) is 17.9 Å². The lowest BCUT2D eigenvalue weighted by Gasteiger charge is -2.12.